The van der Waals surface area contributed by atoms with Crippen molar-refractivity contribution >= 4 is 17.9 Å². The highest BCUT2D eigenvalue weighted by molar-refractivity contribution is 5.82. The van der Waals surface area contributed by atoms with Gasteiger partial charge in [-0.1, -0.05) is 84.0 Å². The van der Waals surface area contributed by atoms with Crippen molar-refractivity contribution in [3.63, 3.8) is 0 Å². The number of rotatable bonds is 14. The summed E-state index contributed by atoms with van der Waals surface area (Å²) < 4.78 is 10.4. The minimum Gasteiger partial charge on any atom is -0.394 e. The molecule has 4 saturated carbocycles. The molecule has 0 aromatic rings. The number of fused-ring (bicyclic) bond motifs is 1. The highest BCUT2D eigenvalue weighted by atomic mass is 16.5. The average molecular weight is 760 g/mol. The topological polar surface area (TPSA) is 130 Å². The van der Waals surface area contributed by atoms with E-state index in [-0.39, 0.29) is 6.61 Å². The molecule has 2 heterocycles. The number of ether oxygens (including phenoxy) is 2. The fourth-order valence-corrected chi connectivity index (χ4v) is 8.64. The molecule has 0 radical (unpaired) electrons. The predicted octanol–water partition coefficient (Wildman–Crippen LogP) is 5.80. The second-order valence-electron chi connectivity index (χ2n) is 16.2. The van der Waals surface area contributed by atoms with E-state index in [0.29, 0.717) is 50.5 Å². The van der Waals surface area contributed by atoms with Crippen molar-refractivity contribution in [3.8, 4) is 0 Å². The summed E-state index contributed by atoms with van der Waals surface area (Å²) in [7, 11) is 1.73. The highest BCUT2D eigenvalue weighted by Crippen LogP contribution is 2.21. The second kappa shape index (κ2) is 28.1. The first-order valence-electron chi connectivity index (χ1n) is 22.5. The zero-order valence-corrected chi connectivity index (χ0v) is 34.6. The molecule has 0 aromatic carbocycles. The van der Waals surface area contributed by atoms with Gasteiger partial charge in [0.05, 0.1) is 39.5 Å². The van der Waals surface area contributed by atoms with Gasteiger partial charge in [0.25, 0.3) is 0 Å². The largest absolute Gasteiger partial charge is 0.394 e. The molecule has 1 saturated heterocycles. The van der Waals surface area contributed by atoms with E-state index >= 15 is 0 Å². The Kier molecular flexibility index (Phi) is 23.1. The number of hydrogen-bond acceptors (Lipinski definition) is 8. The fourth-order valence-electron chi connectivity index (χ4n) is 8.64. The van der Waals surface area contributed by atoms with E-state index in [1.165, 1.54) is 173 Å². The minimum absolute atomic E-state index is 0.0806. The summed E-state index contributed by atoms with van der Waals surface area (Å²) in [6, 6.07) is 2.37. The SMILES string of the molecule is CCCN1CCN2CCCN=C12.COCCN=C(NC1CCCCC1)NC1CCCCC1.OCCOCCN=C(NC1CCCCC1)NC1CCCCC1. The van der Waals surface area contributed by atoms with E-state index in [9.17, 15) is 0 Å². The van der Waals surface area contributed by atoms with Crippen LogP contribution < -0.4 is 21.3 Å². The summed E-state index contributed by atoms with van der Waals surface area (Å²) in [4.78, 5) is 18.7. The van der Waals surface area contributed by atoms with Gasteiger partial charge in [0.1, 0.15) is 0 Å². The van der Waals surface area contributed by atoms with E-state index in [1.807, 2.05) is 0 Å². The van der Waals surface area contributed by atoms with Gasteiger partial charge in [-0.05, 0) is 64.2 Å². The Bertz CT molecular complexity index is 992. The molecule has 0 aromatic heterocycles. The van der Waals surface area contributed by atoms with Gasteiger partial charge in [-0.2, -0.15) is 0 Å². The second-order valence-corrected chi connectivity index (χ2v) is 16.2. The summed E-state index contributed by atoms with van der Waals surface area (Å²) in [5, 5.41) is 23.3. The summed E-state index contributed by atoms with van der Waals surface area (Å²) in [5.41, 5.74) is 0. The molecule has 4 aliphatic carbocycles. The lowest BCUT2D eigenvalue weighted by atomic mass is 9.95. The molecule has 5 N–H and O–H groups in total. The number of nitrogens with one attached hydrogen (secondary N) is 4. The van der Waals surface area contributed by atoms with Crippen LogP contribution >= 0.6 is 0 Å². The Labute approximate surface area is 329 Å². The van der Waals surface area contributed by atoms with Crippen LogP contribution in [-0.2, 0) is 9.47 Å². The quantitative estimate of drug-likeness (QED) is 0.0848. The average Bonchev–Trinajstić information content (AvgIpc) is 3.63. The number of guanidine groups is 3. The normalized spacial score (nSPS) is 21.4. The molecular formula is C42H81N9O3. The predicted molar refractivity (Wildman–Crippen MR) is 225 cm³/mol. The summed E-state index contributed by atoms with van der Waals surface area (Å²) in [6.07, 6.45) is 28.9. The van der Waals surface area contributed by atoms with E-state index in [2.05, 4.69) is 53.0 Å². The number of aliphatic hydroxyl groups is 1. The van der Waals surface area contributed by atoms with Crippen LogP contribution in [0, 0.1) is 0 Å². The van der Waals surface area contributed by atoms with E-state index in [1.54, 1.807) is 7.11 Å². The first-order chi connectivity index (χ1) is 26.7. The number of methoxy groups -OCH3 is 1. The van der Waals surface area contributed by atoms with Crippen molar-refractivity contribution in [2.75, 3.05) is 79.4 Å². The summed E-state index contributed by atoms with van der Waals surface area (Å²) >= 11 is 0. The molecule has 0 amide bonds. The fraction of sp³-hybridized carbons (Fsp3) is 0.929. The third kappa shape index (κ3) is 18.1. The molecule has 12 nitrogen and oxygen atoms in total. The van der Waals surface area contributed by atoms with Crippen LogP contribution in [0.2, 0.25) is 0 Å². The van der Waals surface area contributed by atoms with Gasteiger partial charge in [0.2, 0.25) is 0 Å². The molecule has 0 spiro atoms. The molecule has 0 atom stereocenters. The zero-order chi connectivity index (χ0) is 37.9. The van der Waals surface area contributed by atoms with Gasteiger partial charge in [-0.25, -0.2) is 0 Å². The van der Waals surface area contributed by atoms with Crippen molar-refractivity contribution in [1.82, 2.24) is 31.1 Å². The smallest absolute Gasteiger partial charge is 0.196 e. The van der Waals surface area contributed by atoms with Crippen molar-refractivity contribution in [2.45, 2.75) is 172 Å². The molecule has 312 valence electrons. The molecule has 12 heteroatoms. The maximum absolute atomic E-state index is 8.72. The van der Waals surface area contributed by atoms with Crippen LogP contribution in [-0.4, -0.2) is 136 Å². The molecule has 6 aliphatic rings. The Morgan fingerprint density at radius 2 is 1.09 bits per heavy atom. The molecule has 6 rings (SSSR count). The van der Waals surface area contributed by atoms with Crippen LogP contribution in [0.15, 0.2) is 15.0 Å². The van der Waals surface area contributed by atoms with E-state index in [0.717, 1.165) is 25.0 Å². The maximum atomic E-state index is 8.72. The molecule has 5 fully saturated rings. The molecule has 0 bridgehead atoms. The molecule has 54 heavy (non-hydrogen) atoms. The molecule has 0 unspecified atom stereocenters. The monoisotopic (exact) mass is 760 g/mol. The lowest BCUT2D eigenvalue weighted by molar-refractivity contribution is 0.0977. The van der Waals surface area contributed by atoms with E-state index in [4.69, 9.17) is 14.6 Å². The standard InChI is InChI=1S/C17H33N3O2.C16H31N3O.C9H17N3/c21-12-14-22-13-11-18-17(19-15-7-3-1-4-8-15)20-16-9-5-2-6-10-16;1-20-13-12-17-16(18-14-8-4-2-5-9-14)19-15-10-6-3-7-11-15;1-2-5-11-7-8-12-6-3-4-10-9(11)12/h15-16,21H,1-14H2,(H2,18,19,20);14-15H,2-13H2,1H3,(H2,17,18,19);2-8H2,1H3. The summed E-state index contributed by atoms with van der Waals surface area (Å²) in [5.74, 6) is 3.25. The third-order valence-corrected chi connectivity index (χ3v) is 11.6. The van der Waals surface area contributed by atoms with Crippen LogP contribution in [0.25, 0.3) is 0 Å². The van der Waals surface area contributed by atoms with Crippen LogP contribution in [0.1, 0.15) is 148 Å². The van der Waals surface area contributed by atoms with E-state index < -0.39 is 0 Å². The van der Waals surface area contributed by atoms with Gasteiger partial charge in [-0.3, -0.25) is 15.0 Å². The first-order valence-corrected chi connectivity index (χ1v) is 22.5. The van der Waals surface area contributed by atoms with Crippen molar-refractivity contribution in [3.05, 3.63) is 0 Å². The Balaban J connectivity index is 0.000000188. The molecular weight excluding hydrogens is 679 g/mol. The van der Waals surface area contributed by atoms with Gasteiger partial charge in [-0.15, -0.1) is 0 Å². The first kappa shape index (κ1) is 44.4. The van der Waals surface area contributed by atoms with Gasteiger partial charge in [0.15, 0.2) is 17.9 Å². The summed E-state index contributed by atoms with van der Waals surface area (Å²) in [6.45, 7) is 11.2. The Hall–Kier alpha value is -2.31. The molecule has 2 aliphatic heterocycles. The lowest BCUT2D eigenvalue weighted by Crippen LogP contribution is -2.48. The number of aliphatic hydroxyl groups excluding tert-OH is 1. The number of aliphatic imine (C=N–C) groups is 3. The van der Waals surface area contributed by atoms with Crippen molar-refractivity contribution < 1.29 is 14.6 Å². The zero-order valence-electron chi connectivity index (χ0n) is 34.6. The van der Waals surface area contributed by atoms with Crippen LogP contribution in [0.4, 0.5) is 0 Å². The lowest BCUT2D eigenvalue weighted by Gasteiger charge is -2.29. The van der Waals surface area contributed by atoms with Gasteiger partial charge in [0, 0.05) is 64.0 Å². The minimum atomic E-state index is 0.0806. The van der Waals surface area contributed by atoms with Crippen LogP contribution in [0.5, 0.6) is 0 Å². The number of nitrogens with zero attached hydrogens (tertiary/aromatic N) is 5. The Morgan fingerprint density at radius 3 is 1.52 bits per heavy atom. The third-order valence-electron chi connectivity index (χ3n) is 11.6. The number of hydrogen-bond donors (Lipinski definition) is 5. The van der Waals surface area contributed by atoms with Crippen molar-refractivity contribution in [2.24, 2.45) is 15.0 Å². The van der Waals surface area contributed by atoms with Gasteiger partial charge >= 0.3 is 0 Å². The maximum Gasteiger partial charge on any atom is 0.196 e. The Morgan fingerprint density at radius 1 is 0.630 bits per heavy atom. The van der Waals surface area contributed by atoms with Crippen LogP contribution in [0.3, 0.4) is 0 Å². The van der Waals surface area contributed by atoms with Crippen molar-refractivity contribution in [1.29, 1.82) is 0 Å². The van der Waals surface area contributed by atoms with Gasteiger partial charge < -0.3 is 45.6 Å². The highest BCUT2D eigenvalue weighted by Gasteiger charge is 2.27.